The van der Waals surface area contributed by atoms with Gasteiger partial charge in [-0.2, -0.15) is 0 Å². The van der Waals surface area contributed by atoms with Crippen LogP contribution >= 0.6 is 0 Å². The third-order valence-electron chi connectivity index (χ3n) is 2.26. The van der Waals surface area contributed by atoms with Crippen LogP contribution in [0.25, 0.3) is 0 Å². The van der Waals surface area contributed by atoms with Crippen LogP contribution in [0.2, 0.25) is 0 Å². The van der Waals surface area contributed by atoms with E-state index in [4.69, 9.17) is 0 Å². The molecule has 5 heteroatoms. The number of halogens is 1. The molecule has 0 fully saturated rings. The van der Waals surface area contributed by atoms with Crippen molar-refractivity contribution in [3.05, 3.63) is 29.8 Å². The van der Waals surface area contributed by atoms with Gasteiger partial charge in [0.25, 0.3) is 0 Å². The fourth-order valence-corrected chi connectivity index (χ4v) is 1.49. The van der Waals surface area contributed by atoms with E-state index in [1.54, 1.807) is 18.2 Å². The van der Waals surface area contributed by atoms with Crippen molar-refractivity contribution in [3.63, 3.8) is 0 Å². The van der Waals surface area contributed by atoms with Gasteiger partial charge in [-0.3, -0.25) is 4.99 Å². The number of nitrogens with zero attached hydrogens (tertiary/aromatic N) is 1. The molecular formula is C10H7FNNaO2. The topological polar surface area (TPSA) is 52.5 Å². The van der Waals surface area contributed by atoms with Gasteiger partial charge < -0.3 is 9.90 Å². The van der Waals surface area contributed by atoms with E-state index >= 15 is 0 Å². The van der Waals surface area contributed by atoms with Crippen LogP contribution < -0.4 is 34.7 Å². The van der Waals surface area contributed by atoms with Gasteiger partial charge in [0.05, 0.1) is 11.7 Å². The van der Waals surface area contributed by atoms with Crippen molar-refractivity contribution < 1.29 is 43.8 Å². The number of carbonyl (C=O) groups excluding carboxylic acids is 1. The zero-order valence-corrected chi connectivity index (χ0v) is 10.2. The molecule has 0 radical (unpaired) electrons. The molecule has 0 spiro atoms. The van der Waals surface area contributed by atoms with Gasteiger partial charge in [0.15, 0.2) is 5.67 Å². The Balaban J connectivity index is 0.00000112. The molecule has 0 saturated carbocycles. The third-order valence-corrected chi connectivity index (χ3v) is 2.26. The molecular weight excluding hydrogens is 208 g/mol. The Morgan fingerprint density at radius 3 is 2.80 bits per heavy atom. The van der Waals surface area contributed by atoms with E-state index in [1.807, 2.05) is 0 Å². The quantitative estimate of drug-likeness (QED) is 0.495. The van der Waals surface area contributed by atoms with E-state index in [9.17, 15) is 14.3 Å². The molecule has 1 atom stereocenters. The smallest absolute Gasteiger partial charge is 0.546 e. The summed E-state index contributed by atoms with van der Waals surface area (Å²) in [6.07, 6.45) is 0.991. The second kappa shape index (κ2) is 4.43. The number of carbonyl (C=O) groups is 1. The molecule has 1 heterocycles. The molecule has 3 nitrogen and oxygen atoms in total. The molecule has 0 aromatic heterocycles. The Bertz CT molecular complexity index is 422. The number of rotatable bonds is 1. The molecule has 72 valence electrons. The summed E-state index contributed by atoms with van der Waals surface area (Å²) in [5.41, 5.74) is -2.01. The predicted molar refractivity (Wildman–Crippen MR) is 47.0 cm³/mol. The van der Waals surface area contributed by atoms with Crippen LogP contribution in [0.4, 0.5) is 10.1 Å². The van der Waals surface area contributed by atoms with Crippen LogP contribution in [0.5, 0.6) is 0 Å². The van der Waals surface area contributed by atoms with E-state index in [0.29, 0.717) is 5.69 Å². The Labute approximate surface area is 108 Å². The summed E-state index contributed by atoms with van der Waals surface area (Å²) in [5.74, 6) is -1.71. The van der Waals surface area contributed by atoms with E-state index in [2.05, 4.69) is 4.99 Å². The van der Waals surface area contributed by atoms with Gasteiger partial charge in [0.2, 0.25) is 0 Å². The number of hydrogen-bond donors (Lipinski definition) is 0. The first kappa shape index (κ1) is 12.4. The summed E-state index contributed by atoms with van der Waals surface area (Å²) in [6.45, 7) is 0. The average molecular weight is 215 g/mol. The van der Waals surface area contributed by atoms with Gasteiger partial charge in [-0.25, -0.2) is 4.39 Å². The molecule has 1 unspecified atom stereocenters. The second-order valence-electron chi connectivity index (χ2n) is 3.12. The van der Waals surface area contributed by atoms with E-state index in [-0.39, 0.29) is 41.5 Å². The Morgan fingerprint density at radius 1 is 1.47 bits per heavy atom. The molecule has 15 heavy (non-hydrogen) atoms. The first-order valence-corrected chi connectivity index (χ1v) is 4.17. The fourth-order valence-electron chi connectivity index (χ4n) is 1.49. The molecule has 0 aliphatic carbocycles. The summed E-state index contributed by atoms with van der Waals surface area (Å²) in [6, 6.07) is 6.25. The standard InChI is InChI=1S/C10H8FNO2.Na/c11-10(9(13)14)5-6-12-8-4-2-1-3-7(8)10;/h1-4,6H,5H2,(H,13,14);/q;+1/p-1. The van der Waals surface area contributed by atoms with Gasteiger partial charge >= 0.3 is 29.6 Å². The van der Waals surface area contributed by atoms with Gasteiger partial charge in [-0.15, -0.1) is 0 Å². The molecule has 0 bridgehead atoms. The van der Waals surface area contributed by atoms with Crippen molar-refractivity contribution in [1.82, 2.24) is 0 Å². The van der Waals surface area contributed by atoms with E-state index in [0.717, 1.165) is 0 Å². The van der Waals surface area contributed by atoms with Gasteiger partial charge in [-0.1, -0.05) is 18.2 Å². The van der Waals surface area contributed by atoms with Crippen molar-refractivity contribution >= 4 is 17.9 Å². The first-order chi connectivity index (χ1) is 6.64. The number of aliphatic carboxylic acids is 1. The fraction of sp³-hybridized carbons (Fsp3) is 0.200. The van der Waals surface area contributed by atoms with Gasteiger partial charge in [0, 0.05) is 18.2 Å². The van der Waals surface area contributed by atoms with Crippen LogP contribution in [-0.4, -0.2) is 12.2 Å². The zero-order chi connectivity index (χ0) is 10.2. The molecule has 0 saturated heterocycles. The number of carboxylic acids is 1. The molecule has 1 aromatic rings. The SMILES string of the molecule is O=C([O-])C1(F)CC=Nc2ccccc21.[Na+]. The van der Waals surface area contributed by atoms with E-state index < -0.39 is 11.6 Å². The minimum atomic E-state index is -2.43. The minimum Gasteiger partial charge on any atom is -0.546 e. The molecule has 1 aliphatic rings. The summed E-state index contributed by atoms with van der Waals surface area (Å²) in [5, 5.41) is 10.7. The summed E-state index contributed by atoms with van der Waals surface area (Å²) in [7, 11) is 0. The molecule has 1 aliphatic heterocycles. The molecule has 0 amide bonds. The third kappa shape index (κ3) is 1.97. The number of benzene rings is 1. The summed E-state index contributed by atoms with van der Waals surface area (Å²) >= 11 is 0. The van der Waals surface area contributed by atoms with Gasteiger partial charge in [-0.05, 0) is 6.07 Å². The van der Waals surface area contributed by atoms with Crippen molar-refractivity contribution in [1.29, 1.82) is 0 Å². The monoisotopic (exact) mass is 215 g/mol. The number of hydrogen-bond acceptors (Lipinski definition) is 3. The maximum Gasteiger partial charge on any atom is 1.00 e. The second-order valence-corrected chi connectivity index (χ2v) is 3.12. The van der Waals surface area contributed by atoms with Crippen LogP contribution in [-0.2, 0) is 10.5 Å². The largest absolute Gasteiger partial charge is 1.00 e. The van der Waals surface area contributed by atoms with Crippen molar-refractivity contribution in [2.75, 3.05) is 0 Å². The van der Waals surface area contributed by atoms with Crippen LogP contribution in [0.1, 0.15) is 12.0 Å². The Hall–Kier alpha value is -0.710. The van der Waals surface area contributed by atoms with E-state index in [1.165, 1.54) is 12.3 Å². The number of carboxylic acid groups (broad SMARTS) is 1. The average Bonchev–Trinajstić information content (AvgIpc) is 2.18. The van der Waals surface area contributed by atoms with Crippen LogP contribution in [0, 0.1) is 0 Å². The van der Waals surface area contributed by atoms with Crippen LogP contribution in [0.15, 0.2) is 29.3 Å². The Kier molecular flexibility index (Phi) is 3.65. The Morgan fingerprint density at radius 2 is 2.13 bits per heavy atom. The van der Waals surface area contributed by atoms with Crippen molar-refractivity contribution in [2.45, 2.75) is 12.1 Å². The molecule has 1 aromatic carbocycles. The number of aliphatic imine (C=N–C) groups is 1. The number of para-hydroxylation sites is 1. The molecule has 2 rings (SSSR count). The predicted octanol–water partition coefficient (Wildman–Crippen LogP) is -2.29. The van der Waals surface area contributed by atoms with Crippen molar-refractivity contribution in [3.8, 4) is 0 Å². The number of alkyl halides is 1. The number of fused-ring (bicyclic) bond motifs is 1. The first-order valence-electron chi connectivity index (χ1n) is 4.17. The summed E-state index contributed by atoms with van der Waals surface area (Å²) in [4.78, 5) is 14.6. The van der Waals surface area contributed by atoms with Crippen LogP contribution in [0.3, 0.4) is 0 Å². The minimum absolute atomic E-state index is 0. The van der Waals surface area contributed by atoms with Crippen molar-refractivity contribution in [2.24, 2.45) is 4.99 Å². The maximum atomic E-state index is 13.9. The summed E-state index contributed by atoms with van der Waals surface area (Å²) < 4.78 is 13.9. The maximum absolute atomic E-state index is 13.9. The normalized spacial score (nSPS) is 22.7. The van der Waals surface area contributed by atoms with Gasteiger partial charge in [0.1, 0.15) is 0 Å². The zero-order valence-electron chi connectivity index (χ0n) is 8.24. The molecule has 0 N–H and O–H groups in total.